The second-order valence-corrected chi connectivity index (χ2v) is 8.21. The number of aromatic carboxylic acids is 1. The number of carbonyl (C=O) groups is 1. The van der Waals surface area contributed by atoms with Crippen molar-refractivity contribution in [1.29, 1.82) is 0 Å². The van der Waals surface area contributed by atoms with E-state index in [9.17, 15) is 14.3 Å². The van der Waals surface area contributed by atoms with Gasteiger partial charge in [0.05, 0.1) is 5.97 Å². The lowest BCUT2D eigenvalue weighted by Gasteiger charge is -2.46. The number of benzene rings is 1. The predicted molar refractivity (Wildman–Crippen MR) is 86.0 cm³/mol. The first-order valence-electron chi connectivity index (χ1n) is 9.12. The molecule has 0 saturated heterocycles. The van der Waals surface area contributed by atoms with Gasteiger partial charge in [0.2, 0.25) is 0 Å². The summed E-state index contributed by atoms with van der Waals surface area (Å²) >= 11 is 0. The maximum absolute atomic E-state index is 14.3. The van der Waals surface area contributed by atoms with E-state index < -0.39 is 11.8 Å². The molecule has 0 spiro atoms. The Kier molecular flexibility index (Phi) is 3.63. The summed E-state index contributed by atoms with van der Waals surface area (Å²) in [7, 11) is 0. The fourth-order valence-corrected chi connectivity index (χ4v) is 5.95. The van der Waals surface area contributed by atoms with Gasteiger partial charge >= 0.3 is 0 Å². The molecular weight excluding hydrogens is 307 g/mol. The van der Waals surface area contributed by atoms with Crippen LogP contribution >= 0.6 is 0 Å². The molecule has 5 atom stereocenters. The summed E-state index contributed by atoms with van der Waals surface area (Å²) in [5.41, 5.74) is -0.408. The third-order valence-corrected chi connectivity index (χ3v) is 6.96. The number of carbonyl (C=O) groups excluding carboxylic acids is 1. The molecule has 130 valence electrons. The first-order valence-corrected chi connectivity index (χ1v) is 9.12. The van der Waals surface area contributed by atoms with Crippen LogP contribution in [0.2, 0.25) is 0 Å². The summed E-state index contributed by atoms with van der Waals surface area (Å²) < 4.78 is 20.6. The molecule has 5 unspecified atom stereocenters. The first-order chi connectivity index (χ1) is 11.4. The van der Waals surface area contributed by atoms with Crippen LogP contribution in [0.5, 0.6) is 5.75 Å². The Morgan fingerprint density at radius 1 is 1.33 bits per heavy atom. The Bertz CT molecular complexity index is 671. The van der Waals surface area contributed by atoms with Gasteiger partial charge in [-0.25, -0.2) is 4.39 Å². The highest BCUT2D eigenvalue weighted by Gasteiger charge is 2.63. The fraction of sp³-hybridized carbons (Fsp3) is 0.650. The lowest BCUT2D eigenvalue weighted by Crippen LogP contribution is -2.50. The summed E-state index contributed by atoms with van der Waals surface area (Å²) in [6.45, 7) is 4.29. The standard InChI is InChI=1S/C20H25FO3/c1-11(2)20(10-13-8-16(20)15-5-3-4-14(13)15)24-18-9-12(19(22)23)6-7-17(18)21/h6-7,9,11,13-16H,3-5,8,10H2,1-2H3,(H,22,23)/p-1. The summed E-state index contributed by atoms with van der Waals surface area (Å²) in [6.07, 6.45) is 6.02. The highest BCUT2D eigenvalue weighted by atomic mass is 19.1. The van der Waals surface area contributed by atoms with Crippen LogP contribution in [0.3, 0.4) is 0 Å². The predicted octanol–water partition coefficient (Wildman–Crippen LogP) is 3.42. The molecule has 1 aromatic carbocycles. The lowest BCUT2D eigenvalue weighted by molar-refractivity contribution is -0.255. The SMILES string of the molecule is CC(C)C1(Oc2cc(C(=O)[O-])ccc2F)CC2CC1C1CCCC21. The van der Waals surface area contributed by atoms with E-state index in [1.807, 2.05) is 0 Å². The van der Waals surface area contributed by atoms with Crippen molar-refractivity contribution in [3.05, 3.63) is 29.6 Å². The van der Waals surface area contributed by atoms with Crippen LogP contribution in [0.4, 0.5) is 4.39 Å². The molecule has 2 bridgehead atoms. The van der Waals surface area contributed by atoms with Gasteiger partial charge in [-0.3, -0.25) is 0 Å². The van der Waals surface area contributed by atoms with Crippen molar-refractivity contribution in [3.63, 3.8) is 0 Å². The topological polar surface area (TPSA) is 49.4 Å². The molecule has 3 aliphatic rings. The van der Waals surface area contributed by atoms with E-state index in [4.69, 9.17) is 4.74 Å². The quantitative estimate of drug-likeness (QED) is 0.849. The normalized spacial score (nSPS) is 37.0. The van der Waals surface area contributed by atoms with Gasteiger partial charge in [-0.15, -0.1) is 0 Å². The van der Waals surface area contributed by atoms with Crippen molar-refractivity contribution < 1.29 is 19.0 Å². The summed E-state index contributed by atoms with van der Waals surface area (Å²) in [6, 6.07) is 3.68. The van der Waals surface area contributed by atoms with E-state index in [1.54, 1.807) is 0 Å². The number of hydrogen-bond donors (Lipinski definition) is 0. The minimum absolute atomic E-state index is 0.0350. The highest BCUT2D eigenvalue weighted by Crippen LogP contribution is 2.65. The van der Waals surface area contributed by atoms with Gasteiger partial charge in [0.15, 0.2) is 11.6 Å². The maximum atomic E-state index is 14.3. The molecule has 0 aromatic heterocycles. The molecule has 3 aliphatic carbocycles. The zero-order valence-corrected chi connectivity index (χ0v) is 14.3. The fourth-order valence-electron chi connectivity index (χ4n) is 5.95. The van der Waals surface area contributed by atoms with E-state index in [-0.39, 0.29) is 22.8 Å². The molecule has 3 nitrogen and oxygen atoms in total. The molecule has 0 aliphatic heterocycles. The molecule has 24 heavy (non-hydrogen) atoms. The van der Waals surface area contributed by atoms with Gasteiger partial charge in [0.1, 0.15) is 5.60 Å². The Morgan fingerprint density at radius 2 is 2.08 bits per heavy atom. The van der Waals surface area contributed by atoms with Crippen molar-refractivity contribution in [2.24, 2.45) is 29.6 Å². The monoisotopic (exact) mass is 331 g/mol. The number of hydrogen-bond acceptors (Lipinski definition) is 3. The smallest absolute Gasteiger partial charge is 0.165 e. The lowest BCUT2D eigenvalue weighted by atomic mass is 9.68. The minimum atomic E-state index is -1.30. The summed E-state index contributed by atoms with van der Waals surface area (Å²) in [4.78, 5) is 11.1. The van der Waals surface area contributed by atoms with Crippen molar-refractivity contribution >= 4 is 5.97 Å². The van der Waals surface area contributed by atoms with Gasteiger partial charge in [-0.05, 0) is 67.6 Å². The van der Waals surface area contributed by atoms with Gasteiger partial charge < -0.3 is 14.6 Å². The largest absolute Gasteiger partial charge is 0.545 e. The van der Waals surface area contributed by atoms with Crippen molar-refractivity contribution in [2.45, 2.75) is 51.6 Å². The van der Waals surface area contributed by atoms with Crippen LogP contribution in [0.1, 0.15) is 56.3 Å². The third kappa shape index (κ3) is 2.18. The van der Waals surface area contributed by atoms with E-state index in [2.05, 4.69) is 13.8 Å². The van der Waals surface area contributed by atoms with Crippen molar-refractivity contribution in [2.75, 3.05) is 0 Å². The second-order valence-electron chi connectivity index (χ2n) is 8.21. The summed E-state index contributed by atoms with van der Waals surface area (Å²) in [5, 5.41) is 11.1. The van der Waals surface area contributed by atoms with E-state index in [0.717, 1.165) is 12.3 Å². The molecule has 0 N–H and O–H groups in total. The number of ether oxygens (including phenoxy) is 1. The van der Waals surface area contributed by atoms with Gasteiger partial charge in [-0.1, -0.05) is 20.3 Å². The molecule has 1 aromatic rings. The average molecular weight is 331 g/mol. The Hall–Kier alpha value is -1.58. The highest BCUT2D eigenvalue weighted by molar-refractivity contribution is 5.86. The Morgan fingerprint density at radius 3 is 2.79 bits per heavy atom. The molecule has 0 radical (unpaired) electrons. The van der Waals surface area contributed by atoms with Crippen LogP contribution < -0.4 is 9.84 Å². The molecular formula is C20H24FO3-. The molecule has 4 rings (SSSR count). The molecule has 0 heterocycles. The molecule has 3 saturated carbocycles. The van der Waals surface area contributed by atoms with Crippen molar-refractivity contribution in [3.8, 4) is 5.75 Å². The molecule has 4 heteroatoms. The Labute approximate surface area is 142 Å². The van der Waals surface area contributed by atoms with Crippen LogP contribution in [0.25, 0.3) is 0 Å². The maximum Gasteiger partial charge on any atom is 0.165 e. The van der Waals surface area contributed by atoms with Gasteiger partial charge in [-0.2, -0.15) is 0 Å². The van der Waals surface area contributed by atoms with Crippen LogP contribution in [-0.4, -0.2) is 11.6 Å². The third-order valence-electron chi connectivity index (χ3n) is 6.96. The number of carboxylic acid groups (broad SMARTS) is 1. The van der Waals surface area contributed by atoms with Gasteiger partial charge in [0.25, 0.3) is 0 Å². The van der Waals surface area contributed by atoms with Crippen molar-refractivity contribution in [1.82, 2.24) is 0 Å². The zero-order valence-electron chi connectivity index (χ0n) is 14.3. The van der Waals surface area contributed by atoms with Crippen LogP contribution in [-0.2, 0) is 0 Å². The van der Waals surface area contributed by atoms with E-state index in [1.165, 1.54) is 43.9 Å². The van der Waals surface area contributed by atoms with E-state index in [0.29, 0.717) is 17.8 Å². The van der Waals surface area contributed by atoms with Crippen LogP contribution in [0, 0.1) is 35.4 Å². The number of rotatable bonds is 4. The van der Waals surface area contributed by atoms with Crippen LogP contribution in [0.15, 0.2) is 18.2 Å². The van der Waals surface area contributed by atoms with Gasteiger partial charge in [0, 0.05) is 11.5 Å². The molecule has 0 amide bonds. The summed E-state index contributed by atoms with van der Waals surface area (Å²) in [5.74, 6) is 1.18. The number of halogens is 1. The number of carboxylic acids is 1. The number of fused-ring (bicyclic) bond motifs is 5. The second kappa shape index (κ2) is 5.47. The zero-order chi connectivity index (χ0) is 17.1. The Balaban J connectivity index is 1.69. The first kappa shape index (κ1) is 15.9. The average Bonchev–Trinajstić information content (AvgIpc) is 3.20. The molecule has 3 fully saturated rings. The minimum Gasteiger partial charge on any atom is -0.545 e. The van der Waals surface area contributed by atoms with E-state index >= 15 is 0 Å².